The molecule has 1 aromatic heterocycles. The first kappa shape index (κ1) is 18.5. The summed E-state index contributed by atoms with van der Waals surface area (Å²) in [6, 6.07) is 9.35. The van der Waals surface area contributed by atoms with Gasteiger partial charge in [-0.3, -0.25) is 14.5 Å². The normalized spacial score (nSPS) is 16.5. The summed E-state index contributed by atoms with van der Waals surface area (Å²) in [6.45, 7) is 3.09. The van der Waals surface area contributed by atoms with Crippen LogP contribution in [0.15, 0.2) is 52.0 Å². The van der Waals surface area contributed by atoms with Crippen molar-refractivity contribution in [3.63, 3.8) is 0 Å². The molecule has 2 aromatic rings. The van der Waals surface area contributed by atoms with Crippen LogP contribution in [0, 0.1) is 0 Å². The van der Waals surface area contributed by atoms with Crippen LogP contribution in [0.3, 0.4) is 0 Å². The van der Waals surface area contributed by atoms with E-state index < -0.39 is 10.0 Å². The van der Waals surface area contributed by atoms with Gasteiger partial charge in [0.05, 0.1) is 17.7 Å². The van der Waals surface area contributed by atoms with Gasteiger partial charge in [-0.25, -0.2) is 8.42 Å². The number of nitrogens with zero attached hydrogens (tertiary/aromatic N) is 2. The van der Waals surface area contributed by atoms with Crippen molar-refractivity contribution in [2.45, 2.75) is 11.8 Å². The minimum absolute atomic E-state index is 0.116. The van der Waals surface area contributed by atoms with E-state index in [-0.39, 0.29) is 36.1 Å². The maximum absolute atomic E-state index is 12.8. The molecule has 0 aliphatic carbocycles. The molecule has 0 radical (unpaired) electrons. The predicted molar refractivity (Wildman–Crippen MR) is 94.7 cm³/mol. The highest BCUT2D eigenvalue weighted by Crippen LogP contribution is 2.19. The van der Waals surface area contributed by atoms with Crippen molar-refractivity contribution in [1.82, 2.24) is 9.21 Å². The number of piperazine rings is 1. The van der Waals surface area contributed by atoms with Crippen molar-refractivity contribution in [3.05, 3.63) is 54.0 Å². The Balaban J connectivity index is 1.64. The molecule has 0 amide bonds. The summed E-state index contributed by atoms with van der Waals surface area (Å²) in [4.78, 5) is 25.6. The van der Waals surface area contributed by atoms with E-state index in [1.54, 1.807) is 24.3 Å². The van der Waals surface area contributed by atoms with E-state index in [0.29, 0.717) is 24.4 Å². The zero-order valence-electron chi connectivity index (χ0n) is 14.4. The first-order chi connectivity index (χ1) is 12.4. The van der Waals surface area contributed by atoms with Crippen LogP contribution in [0.2, 0.25) is 0 Å². The first-order valence-corrected chi connectivity index (χ1v) is 9.72. The molecule has 1 saturated heterocycles. The summed E-state index contributed by atoms with van der Waals surface area (Å²) in [5, 5.41) is 0. The Bertz CT molecular complexity index is 897. The van der Waals surface area contributed by atoms with Gasteiger partial charge in [-0.05, 0) is 31.2 Å². The zero-order chi connectivity index (χ0) is 18.7. The van der Waals surface area contributed by atoms with Crippen LogP contribution in [-0.4, -0.2) is 61.9 Å². The average molecular weight is 376 g/mol. The molecule has 1 aliphatic heterocycles. The fourth-order valence-corrected chi connectivity index (χ4v) is 4.34. The standard InChI is InChI=1S/C18H20N2O5S/c1-14(21)15-4-2-5-16(12-15)26(23,24)20-9-7-19(8-10-20)13-17(22)18-6-3-11-25-18/h2-6,11-12H,7-10,13H2,1H3. The van der Waals surface area contributed by atoms with E-state index in [1.165, 1.54) is 29.6 Å². The molecule has 8 heteroatoms. The van der Waals surface area contributed by atoms with E-state index in [4.69, 9.17) is 4.42 Å². The van der Waals surface area contributed by atoms with Gasteiger partial charge >= 0.3 is 0 Å². The Morgan fingerprint density at radius 3 is 2.42 bits per heavy atom. The quantitative estimate of drug-likeness (QED) is 0.713. The summed E-state index contributed by atoms with van der Waals surface area (Å²) in [6.07, 6.45) is 1.45. The number of ketones is 2. The highest BCUT2D eigenvalue weighted by atomic mass is 32.2. The third-order valence-electron chi connectivity index (χ3n) is 4.37. The second-order valence-electron chi connectivity index (χ2n) is 6.16. The van der Waals surface area contributed by atoms with Crippen molar-refractivity contribution >= 4 is 21.6 Å². The number of Topliss-reactive ketones (excluding diaryl/α,β-unsaturated/α-hetero) is 2. The van der Waals surface area contributed by atoms with Crippen molar-refractivity contribution in [2.24, 2.45) is 0 Å². The van der Waals surface area contributed by atoms with E-state index in [2.05, 4.69) is 0 Å². The minimum Gasteiger partial charge on any atom is -0.461 e. The fraction of sp³-hybridized carbons (Fsp3) is 0.333. The lowest BCUT2D eigenvalue weighted by atomic mass is 10.2. The van der Waals surface area contributed by atoms with Crippen LogP contribution in [0.1, 0.15) is 27.8 Å². The molecule has 0 spiro atoms. The number of rotatable bonds is 6. The van der Waals surface area contributed by atoms with Gasteiger partial charge in [-0.1, -0.05) is 12.1 Å². The summed E-state index contributed by atoms with van der Waals surface area (Å²) in [5.74, 6) is 0.00451. The molecule has 0 atom stereocenters. The topological polar surface area (TPSA) is 87.9 Å². The van der Waals surface area contributed by atoms with Gasteiger partial charge in [0.25, 0.3) is 0 Å². The largest absolute Gasteiger partial charge is 0.461 e. The van der Waals surface area contributed by atoms with Crippen LogP contribution in [-0.2, 0) is 10.0 Å². The van der Waals surface area contributed by atoms with Crippen LogP contribution in [0.4, 0.5) is 0 Å². The van der Waals surface area contributed by atoms with E-state index in [0.717, 1.165) is 0 Å². The lowest BCUT2D eigenvalue weighted by Crippen LogP contribution is -2.49. The summed E-state index contributed by atoms with van der Waals surface area (Å²) in [7, 11) is -3.66. The molecule has 0 saturated carbocycles. The number of sulfonamides is 1. The Morgan fingerprint density at radius 1 is 1.08 bits per heavy atom. The predicted octanol–water partition coefficient (Wildman–Crippen LogP) is 1.67. The van der Waals surface area contributed by atoms with E-state index in [1.807, 2.05) is 4.90 Å². The number of carbonyl (C=O) groups excluding carboxylic acids is 2. The molecule has 1 fully saturated rings. The van der Waals surface area contributed by atoms with Crippen LogP contribution >= 0.6 is 0 Å². The maximum Gasteiger partial charge on any atom is 0.243 e. The highest BCUT2D eigenvalue weighted by Gasteiger charge is 2.29. The molecule has 26 heavy (non-hydrogen) atoms. The van der Waals surface area contributed by atoms with Gasteiger partial charge in [0.15, 0.2) is 11.5 Å². The van der Waals surface area contributed by atoms with Gasteiger partial charge in [0, 0.05) is 31.7 Å². The van der Waals surface area contributed by atoms with Crippen molar-refractivity contribution in [2.75, 3.05) is 32.7 Å². The van der Waals surface area contributed by atoms with Crippen molar-refractivity contribution < 1.29 is 22.4 Å². The molecule has 0 bridgehead atoms. The molecule has 138 valence electrons. The smallest absolute Gasteiger partial charge is 0.243 e. The van der Waals surface area contributed by atoms with E-state index in [9.17, 15) is 18.0 Å². The van der Waals surface area contributed by atoms with Crippen LogP contribution in [0.25, 0.3) is 0 Å². The number of carbonyl (C=O) groups is 2. The number of hydrogen-bond acceptors (Lipinski definition) is 6. The maximum atomic E-state index is 12.8. The third kappa shape index (κ3) is 3.92. The lowest BCUT2D eigenvalue weighted by Gasteiger charge is -2.33. The monoisotopic (exact) mass is 376 g/mol. The third-order valence-corrected chi connectivity index (χ3v) is 6.27. The summed E-state index contributed by atoms with van der Waals surface area (Å²) < 4.78 is 32.1. The first-order valence-electron chi connectivity index (χ1n) is 8.28. The average Bonchev–Trinajstić information content (AvgIpc) is 3.17. The Morgan fingerprint density at radius 2 is 1.81 bits per heavy atom. The Kier molecular flexibility index (Phi) is 5.36. The Hall–Kier alpha value is -2.29. The summed E-state index contributed by atoms with van der Waals surface area (Å²) >= 11 is 0. The highest BCUT2D eigenvalue weighted by molar-refractivity contribution is 7.89. The van der Waals surface area contributed by atoms with Gasteiger partial charge < -0.3 is 4.42 Å². The molecule has 1 aliphatic rings. The summed E-state index contributed by atoms with van der Waals surface area (Å²) in [5.41, 5.74) is 0.369. The number of furan rings is 1. The van der Waals surface area contributed by atoms with Gasteiger partial charge in [-0.15, -0.1) is 0 Å². The van der Waals surface area contributed by atoms with E-state index >= 15 is 0 Å². The second kappa shape index (κ2) is 7.53. The molecular weight excluding hydrogens is 356 g/mol. The molecular formula is C18H20N2O5S. The second-order valence-corrected chi connectivity index (χ2v) is 8.10. The molecule has 0 N–H and O–H groups in total. The molecule has 1 aromatic carbocycles. The lowest BCUT2D eigenvalue weighted by molar-refractivity contribution is 0.0874. The van der Waals surface area contributed by atoms with Crippen LogP contribution in [0.5, 0.6) is 0 Å². The van der Waals surface area contributed by atoms with Gasteiger partial charge in [0.1, 0.15) is 0 Å². The van der Waals surface area contributed by atoms with Gasteiger partial charge in [0.2, 0.25) is 15.8 Å². The molecule has 0 unspecified atom stereocenters. The SMILES string of the molecule is CC(=O)c1cccc(S(=O)(=O)N2CCN(CC(=O)c3ccco3)CC2)c1. The fourth-order valence-electron chi connectivity index (χ4n) is 2.87. The van der Waals surface area contributed by atoms with Crippen molar-refractivity contribution in [3.8, 4) is 0 Å². The number of hydrogen-bond donors (Lipinski definition) is 0. The van der Waals surface area contributed by atoms with Crippen molar-refractivity contribution in [1.29, 1.82) is 0 Å². The number of benzene rings is 1. The molecule has 7 nitrogen and oxygen atoms in total. The molecule has 2 heterocycles. The zero-order valence-corrected chi connectivity index (χ0v) is 15.2. The van der Waals surface area contributed by atoms with Gasteiger partial charge in [-0.2, -0.15) is 4.31 Å². The Labute approximate surface area is 152 Å². The minimum atomic E-state index is -3.66. The van der Waals surface area contributed by atoms with Crippen LogP contribution < -0.4 is 0 Å². The molecule has 3 rings (SSSR count).